The minimum atomic E-state index is 0.243. The van der Waals surface area contributed by atoms with E-state index in [9.17, 15) is 0 Å². The monoisotopic (exact) mass is 224 g/mol. The van der Waals surface area contributed by atoms with Gasteiger partial charge in [0.1, 0.15) is 0 Å². The van der Waals surface area contributed by atoms with Gasteiger partial charge in [0, 0.05) is 25.2 Å². The summed E-state index contributed by atoms with van der Waals surface area (Å²) < 4.78 is 0. The molecule has 0 spiro atoms. The predicted molar refractivity (Wildman–Crippen MR) is 71.7 cm³/mol. The van der Waals surface area contributed by atoms with Gasteiger partial charge in [0.25, 0.3) is 0 Å². The highest BCUT2D eigenvalue weighted by Gasteiger charge is 2.15. The molecule has 1 atom stereocenters. The van der Waals surface area contributed by atoms with Crippen LogP contribution < -0.4 is 5.32 Å². The van der Waals surface area contributed by atoms with Crippen LogP contribution >= 0.6 is 0 Å². The van der Waals surface area contributed by atoms with Crippen molar-refractivity contribution < 1.29 is 0 Å². The lowest BCUT2D eigenvalue weighted by Gasteiger charge is -2.30. The molecule has 16 heavy (non-hydrogen) atoms. The van der Waals surface area contributed by atoms with Crippen molar-refractivity contribution in [1.29, 1.82) is 0 Å². The van der Waals surface area contributed by atoms with Crippen molar-refractivity contribution in [2.75, 3.05) is 26.2 Å². The fourth-order valence-electron chi connectivity index (χ4n) is 1.96. The molecule has 1 rings (SSSR count). The highest BCUT2D eigenvalue weighted by Crippen LogP contribution is 2.11. The lowest BCUT2D eigenvalue weighted by atomic mass is 10.0. The number of rotatable bonds is 4. The number of hydrogen-bond donors (Lipinski definition) is 1. The second-order valence-electron chi connectivity index (χ2n) is 6.30. The molecule has 0 aliphatic carbocycles. The SMILES string of the molecule is CC1=CCN(CC(C)CNC(C)(C)C)CC1. The van der Waals surface area contributed by atoms with Gasteiger partial charge in [0.2, 0.25) is 0 Å². The smallest absolute Gasteiger partial charge is 0.0165 e. The van der Waals surface area contributed by atoms with Gasteiger partial charge in [-0.2, -0.15) is 0 Å². The Morgan fingerprint density at radius 3 is 2.62 bits per heavy atom. The van der Waals surface area contributed by atoms with E-state index >= 15 is 0 Å². The van der Waals surface area contributed by atoms with Gasteiger partial charge in [-0.15, -0.1) is 0 Å². The van der Waals surface area contributed by atoms with E-state index < -0.39 is 0 Å². The number of nitrogens with one attached hydrogen (secondary N) is 1. The molecule has 2 nitrogen and oxygen atoms in total. The lowest BCUT2D eigenvalue weighted by Crippen LogP contribution is -2.42. The van der Waals surface area contributed by atoms with Gasteiger partial charge in [-0.05, 0) is 46.6 Å². The van der Waals surface area contributed by atoms with E-state index in [1.807, 2.05) is 0 Å². The minimum absolute atomic E-state index is 0.243. The molecule has 1 N–H and O–H groups in total. The van der Waals surface area contributed by atoms with Crippen molar-refractivity contribution in [2.45, 2.75) is 46.6 Å². The van der Waals surface area contributed by atoms with E-state index in [0.29, 0.717) is 0 Å². The van der Waals surface area contributed by atoms with Crippen LogP contribution in [-0.4, -0.2) is 36.6 Å². The summed E-state index contributed by atoms with van der Waals surface area (Å²) in [6.07, 6.45) is 3.62. The highest BCUT2D eigenvalue weighted by atomic mass is 15.1. The van der Waals surface area contributed by atoms with Crippen molar-refractivity contribution >= 4 is 0 Å². The van der Waals surface area contributed by atoms with Gasteiger partial charge in [0.15, 0.2) is 0 Å². The Labute approximate surface area is 101 Å². The van der Waals surface area contributed by atoms with Crippen molar-refractivity contribution in [3.05, 3.63) is 11.6 Å². The normalized spacial score (nSPS) is 20.7. The molecule has 0 amide bonds. The summed E-state index contributed by atoms with van der Waals surface area (Å²) in [5.74, 6) is 0.728. The molecular formula is C14H28N2. The van der Waals surface area contributed by atoms with Crippen LogP contribution in [0, 0.1) is 5.92 Å². The second kappa shape index (κ2) is 5.83. The summed E-state index contributed by atoms with van der Waals surface area (Å²) >= 11 is 0. The maximum absolute atomic E-state index is 3.58. The Morgan fingerprint density at radius 2 is 2.12 bits per heavy atom. The third kappa shape index (κ3) is 5.66. The Bertz CT molecular complexity index is 238. The Morgan fingerprint density at radius 1 is 1.44 bits per heavy atom. The first kappa shape index (κ1) is 13.7. The quantitative estimate of drug-likeness (QED) is 0.739. The van der Waals surface area contributed by atoms with E-state index in [4.69, 9.17) is 0 Å². The third-order valence-corrected chi connectivity index (χ3v) is 3.07. The highest BCUT2D eigenvalue weighted by molar-refractivity contribution is 5.03. The van der Waals surface area contributed by atoms with Crippen molar-refractivity contribution in [3.63, 3.8) is 0 Å². The van der Waals surface area contributed by atoms with Crippen molar-refractivity contribution in [2.24, 2.45) is 5.92 Å². The molecule has 0 aromatic rings. The Balaban J connectivity index is 2.22. The maximum atomic E-state index is 3.58. The van der Waals surface area contributed by atoms with Crippen LogP contribution in [0.5, 0.6) is 0 Å². The topological polar surface area (TPSA) is 15.3 Å². The predicted octanol–water partition coefficient (Wildman–Crippen LogP) is 2.66. The second-order valence-corrected chi connectivity index (χ2v) is 6.30. The molecule has 1 unspecified atom stereocenters. The van der Waals surface area contributed by atoms with Crippen LogP contribution in [0.1, 0.15) is 41.0 Å². The first-order valence-corrected chi connectivity index (χ1v) is 6.50. The summed E-state index contributed by atoms with van der Waals surface area (Å²) in [6.45, 7) is 16.0. The minimum Gasteiger partial charge on any atom is -0.312 e. The molecule has 2 heteroatoms. The molecule has 94 valence electrons. The first-order chi connectivity index (χ1) is 7.37. The van der Waals surface area contributed by atoms with Crippen molar-refractivity contribution in [3.8, 4) is 0 Å². The third-order valence-electron chi connectivity index (χ3n) is 3.07. The largest absolute Gasteiger partial charge is 0.312 e. The summed E-state index contributed by atoms with van der Waals surface area (Å²) in [4.78, 5) is 2.56. The molecule has 1 heterocycles. The first-order valence-electron chi connectivity index (χ1n) is 6.50. The van der Waals surface area contributed by atoms with E-state index in [1.54, 1.807) is 5.57 Å². The maximum Gasteiger partial charge on any atom is 0.0165 e. The molecule has 0 radical (unpaired) electrons. The molecule has 0 fully saturated rings. The summed E-state index contributed by atoms with van der Waals surface area (Å²) in [6, 6.07) is 0. The summed E-state index contributed by atoms with van der Waals surface area (Å²) in [5.41, 5.74) is 1.80. The summed E-state index contributed by atoms with van der Waals surface area (Å²) in [7, 11) is 0. The van der Waals surface area contributed by atoms with E-state index in [2.05, 4.69) is 50.9 Å². The van der Waals surface area contributed by atoms with Gasteiger partial charge in [-0.3, -0.25) is 4.90 Å². The van der Waals surface area contributed by atoms with Crippen LogP contribution in [0.3, 0.4) is 0 Å². The molecule has 0 saturated heterocycles. The standard InChI is InChI=1S/C14H28N2/c1-12-6-8-16(9-7-12)11-13(2)10-15-14(3,4)5/h6,13,15H,7-11H2,1-5H3. The van der Waals surface area contributed by atoms with E-state index in [1.165, 1.54) is 19.5 Å². The fourth-order valence-corrected chi connectivity index (χ4v) is 1.96. The summed E-state index contributed by atoms with van der Waals surface area (Å²) in [5, 5.41) is 3.58. The van der Waals surface area contributed by atoms with Crippen LogP contribution in [0.2, 0.25) is 0 Å². The van der Waals surface area contributed by atoms with Crippen LogP contribution in [0.4, 0.5) is 0 Å². The Kier molecular flexibility index (Phi) is 5.00. The zero-order valence-corrected chi connectivity index (χ0v) is 11.6. The van der Waals surface area contributed by atoms with Gasteiger partial charge < -0.3 is 5.32 Å². The van der Waals surface area contributed by atoms with E-state index in [0.717, 1.165) is 19.0 Å². The molecule has 1 aliphatic rings. The molecule has 0 bridgehead atoms. The van der Waals surface area contributed by atoms with Gasteiger partial charge in [-0.25, -0.2) is 0 Å². The van der Waals surface area contributed by atoms with Gasteiger partial charge in [0.05, 0.1) is 0 Å². The van der Waals surface area contributed by atoms with Gasteiger partial charge in [-0.1, -0.05) is 18.6 Å². The molecule has 0 saturated carbocycles. The average Bonchev–Trinajstić information content (AvgIpc) is 2.18. The molecular weight excluding hydrogens is 196 g/mol. The molecule has 1 aliphatic heterocycles. The lowest BCUT2D eigenvalue weighted by molar-refractivity contribution is 0.241. The van der Waals surface area contributed by atoms with Crippen LogP contribution in [0.25, 0.3) is 0 Å². The Hall–Kier alpha value is -0.340. The van der Waals surface area contributed by atoms with Crippen molar-refractivity contribution in [1.82, 2.24) is 10.2 Å². The fraction of sp³-hybridized carbons (Fsp3) is 0.857. The zero-order chi connectivity index (χ0) is 12.2. The van der Waals surface area contributed by atoms with Gasteiger partial charge >= 0.3 is 0 Å². The average molecular weight is 224 g/mol. The molecule has 0 aromatic heterocycles. The zero-order valence-electron chi connectivity index (χ0n) is 11.6. The van der Waals surface area contributed by atoms with E-state index in [-0.39, 0.29) is 5.54 Å². The number of nitrogens with zero attached hydrogens (tertiary/aromatic N) is 1. The number of hydrogen-bond acceptors (Lipinski definition) is 2. The van der Waals surface area contributed by atoms with Crippen LogP contribution in [0.15, 0.2) is 11.6 Å². The molecule has 0 aromatic carbocycles. The van der Waals surface area contributed by atoms with Crippen LogP contribution in [-0.2, 0) is 0 Å².